The average molecular weight is 376 g/mol. The van der Waals surface area contributed by atoms with E-state index in [0.29, 0.717) is 24.8 Å². The number of aryl methyl sites for hydroxylation is 2. The second kappa shape index (κ2) is 7.08. The number of nitrogens with zero attached hydrogens (tertiary/aromatic N) is 1. The Balaban J connectivity index is 1.91. The second-order valence-corrected chi connectivity index (χ2v) is 7.30. The lowest BCUT2D eigenvalue weighted by Crippen LogP contribution is -2.21. The molecule has 0 fully saturated rings. The number of hydrogen-bond donors (Lipinski definition) is 1. The summed E-state index contributed by atoms with van der Waals surface area (Å²) < 4.78 is 15.3. The number of nitrogens with one attached hydrogen (secondary N) is 1. The van der Waals surface area contributed by atoms with Crippen LogP contribution in [0.2, 0.25) is 0 Å². The van der Waals surface area contributed by atoms with Crippen molar-refractivity contribution < 1.29 is 9.18 Å². The Morgan fingerprint density at radius 3 is 2.68 bits per heavy atom. The number of halogens is 1. The Hall–Kier alpha value is -3.21. The summed E-state index contributed by atoms with van der Waals surface area (Å²) in [4.78, 5) is 23.9. The fraction of sp³-hybridized carbons (Fsp3) is 0.217. The van der Waals surface area contributed by atoms with Crippen LogP contribution in [-0.2, 0) is 24.7 Å². The van der Waals surface area contributed by atoms with Gasteiger partial charge in [0.2, 0.25) is 5.91 Å². The van der Waals surface area contributed by atoms with Crippen LogP contribution < -0.4 is 10.9 Å². The molecule has 5 heteroatoms. The van der Waals surface area contributed by atoms with Crippen LogP contribution in [0, 0.1) is 12.7 Å². The molecule has 1 aliphatic rings. The number of benzene rings is 2. The molecular formula is C23H21FN2O2. The number of carbonyl (C=O) groups excluding carboxylic acids is 1. The first-order chi connectivity index (χ1) is 13.4. The molecule has 4 nitrogen and oxygen atoms in total. The molecule has 142 valence electrons. The van der Waals surface area contributed by atoms with Crippen LogP contribution >= 0.6 is 0 Å². The van der Waals surface area contributed by atoms with Crippen molar-refractivity contribution in [3.8, 4) is 11.1 Å². The smallest absolute Gasteiger partial charge is 0.253 e. The Kier molecular flexibility index (Phi) is 4.59. The van der Waals surface area contributed by atoms with Gasteiger partial charge in [0.15, 0.2) is 0 Å². The number of hydrogen-bond acceptors (Lipinski definition) is 2. The standard InChI is InChI=1S/C23H21FN2O2/c1-14-10-16(13-26(2)23(14)28)18-6-8-21-19(7-9-22(27)25-21)20(18)12-15-4-3-5-17(24)11-15/h3-6,8,10-11,13H,7,9,12H2,1-2H3,(H,25,27). The maximum atomic E-state index is 13.7. The summed E-state index contributed by atoms with van der Waals surface area (Å²) in [6, 6.07) is 12.4. The van der Waals surface area contributed by atoms with E-state index < -0.39 is 0 Å². The van der Waals surface area contributed by atoms with Gasteiger partial charge in [-0.15, -0.1) is 0 Å². The van der Waals surface area contributed by atoms with Gasteiger partial charge in [0, 0.05) is 30.9 Å². The maximum Gasteiger partial charge on any atom is 0.253 e. The lowest BCUT2D eigenvalue weighted by atomic mass is 9.87. The normalized spacial score (nSPS) is 13.2. The Labute approximate surface area is 162 Å². The van der Waals surface area contributed by atoms with Gasteiger partial charge in [0.05, 0.1) is 0 Å². The first-order valence-electron chi connectivity index (χ1n) is 9.29. The number of fused-ring (bicyclic) bond motifs is 1. The van der Waals surface area contributed by atoms with E-state index >= 15 is 0 Å². The summed E-state index contributed by atoms with van der Waals surface area (Å²) in [7, 11) is 1.74. The third-order valence-corrected chi connectivity index (χ3v) is 5.25. The van der Waals surface area contributed by atoms with Crippen molar-refractivity contribution in [3.63, 3.8) is 0 Å². The minimum absolute atomic E-state index is 0.00917. The molecule has 0 atom stereocenters. The van der Waals surface area contributed by atoms with Gasteiger partial charge >= 0.3 is 0 Å². The number of anilines is 1. The van der Waals surface area contributed by atoms with Crippen LogP contribution in [0.15, 0.2) is 53.5 Å². The maximum absolute atomic E-state index is 13.7. The molecular weight excluding hydrogens is 355 g/mol. The summed E-state index contributed by atoms with van der Waals surface area (Å²) >= 11 is 0. The van der Waals surface area contributed by atoms with Crippen molar-refractivity contribution in [1.29, 1.82) is 0 Å². The fourth-order valence-corrected chi connectivity index (χ4v) is 3.90. The summed E-state index contributed by atoms with van der Waals surface area (Å²) in [5, 5.41) is 2.94. The molecule has 28 heavy (non-hydrogen) atoms. The van der Waals surface area contributed by atoms with Crippen molar-refractivity contribution >= 4 is 11.6 Å². The molecule has 1 aliphatic heterocycles. The van der Waals surface area contributed by atoms with Crippen molar-refractivity contribution in [2.24, 2.45) is 7.05 Å². The quantitative estimate of drug-likeness (QED) is 0.752. The van der Waals surface area contributed by atoms with E-state index in [9.17, 15) is 14.0 Å². The third kappa shape index (κ3) is 3.36. The van der Waals surface area contributed by atoms with Crippen LogP contribution in [0.1, 0.15) is 28.7 Å². The summed E-state index contributed by atoms with van der Waals surface area (Å²) in [6.07, 6.45) is 3.45. The van der Waals surface area contributed by atoms with Gasteiger partial charge in [-0.2, -0.15) is 0 Å². The summed E-state index contributed by atoms with van der Waals surface area (Å²) in [5.41, 5.74) is 6.39. The topological polar surface area (TPSA) is 51.1 Å². The molecule has 0 saturated heterocycles. The van der Waals surface area contributed by atoms with Crippen LogP contribution in [0.5, 0.6) is 0 Å². The summed E-state index contributed by atoms with van der Waals surface area (Å²) in [5.74, 6) is -0.259. The van der Waals surface area contributed by atoms with Gasteiger partial charge in [0.25, 0.3) is 5.56 Å². The second-order valence-electron chi connectivity index (χ2n) is 7.30. The van der Waals surface area contributed by atoms with Gasteiger partial charge in [-0.05, 0) is 71.8 Å². The number of aromatic nitrogens is 1. The van der Waals surface area contributed by atoms with Crippen molar-refractivity contribution in [2.45, 2.75) is 26.2 Å². The predicted molar refractivity (Wildman–Crippen MR) is 108 cm³/mol. The van der Waals surface area contributed by atoms with E-state index in [2.05, 4.69) is 5.32 Å². The molecule has 0 aliphatic carbocycles. The molecule has 3 aromatic rings. The predicted octanol–water partition coefficient (Wildman–Crippen LogP) is 3.98. The van der Waals surface area contributed by atoms with Crippen molar-refractivity contribution in [2.75, 3.05) is 5.32 Å². The van der Waals surface area contributed by atoms with Crippen LogP contribution in [0.4, 0.5) is 10.1 Å². The Bertz CT molecular complexity index is 1120. The van der Waals surface area contributed by atoms with E-state index in [1.54, 1.807) is 24.6 Å². The van der Waals surface area contributed by atoms with Crippen LogP contribution in [-0.4, -0.2) is 10.5 Å². The van der Waals surface area contributed by atoms with E-state index in [0.717, 1.165) is 33.5 Å². The molecule has 1 N–H and O–H groups in total. The van der Waals surface area contributed by atoms with Gasteiger partial charge in [-0.1, -0.05) is 18.2 Å². The lowest BCUT2D eigenvalue weighted by Gasteiger charge is -2.23. The Morgan fingerprint density at radius 1 is 1.11 bits per heavy atom. The number of rotatable bonds is 3. The first kappa shape index (κ1) is 18.2. The highest BCUT2D eigenvalue weighted by molar-refractivity contribution is 5.95. The highest BCUT2D eigenvalue weighted by Gasteiger charge is 2.21. The molecule has 2 aromatic carbocycles. The molecule has 0 bridgehead atoms. The van der Waals surface area contributed by atoms with Gasteiger partial charge in [-0.25, -0.2) is 4.39 Å². The number of amides is 1. The van der Waals surface area contributed by atoms with Crippen LogP contribution in [0.25, 0.3) is 11.1 Å². The van der Waals surface area contributed by atoms with E-state index in [-0.39, 0.29) is 17.3 Å². The molecule has 0 radical (unpaired) electrons. The molecule has 0 saturated carbocycles. The zero-order chi connectivity index (χ0) is 19.8. The molecule has 4 rings (SSSR count). The van der Waals surface area contributed by atoms with Gasteiger partial charge in [0.1, 0.15) is 5.82 Å². The van der Waals surface area contributed by atoms with Crippen molar-refractivity contribution in [3.05, 3.63) is 87.1 Å². The molecule has 0 unspecified atom stereocenters. The zero-order valence-electron chi connectivity index (χ0n) is 15.9. The summed E-state index contributed by atoms with van der Waals surface area (Å²) in [6.45, 7) is 1.80. The van der Waals surface area contributed by atoms with Crippen molar-refractivity contribution in [1.82, 2.24) is 4.57 Å². The zero-order valence-corrected chi connectivity index (χ0v) is 15.9. The largest absolute Gasteiger partial charge is 0.326 e. The first-order valence-corrected chi connectivity index (χ1v) is 9.29. The van der Waals surface area contributed by atoms with E-state index in [1.807, 2.05) is 30.5 Å². The third-order valence-electron chi connectivity index (χ3n) is 5.25. The van der Waals surface area contributed by atoms with E-state index in [1.165, 1.54) is 12.1 Å². The minimum Gasteiger partial charge on any atom is -0.326 e. The van der Waals surface area contributed by atoms with Gasteiger partial charge in [-0.3, -0.25) is 9.59 Å². The highest BCUT2D eigenvalue weighted by atomic mass is 19.1. The number of pyridine rings is 1. The molecule has 2 heterocycles. The average Bonchev–Trinajstić information content (AvgIpc) is 2.66. The number of carbonyl (C=O) groups is 1. The monoisotopic (exact) mass is 376 g/mol. The van der Waals surface area contributed by atoms with Crippen LogP contribution in [0.3, 0.4) is 0 Å². The Morgan fingerprint density at radius 2 is 1.93 bits per heavy atom. The SMILES string of the molecule is Cc1cc(-c2ccc3c(c2Cc2cccc(F)c2)CCC(=O)N3)cn(C)c1=O. The lowest BCUT2D eigenvalue weighted by molar-refractivity contribution is -0.116. The fourth-order valence-electron chi connectivity index (χ4n) is 3.90. The molecule has 1 aromatic heterocycles. The highest BCUT2D eigenvalue weighted by Crippen LogP contribution is 2.35. The molecule has 0 spiro atoms. The molecule has 1 amide bonds. The van der Waals surface area contributed by atoms with Gasteiger partial charge < -0.3 is 9.88 Å². The van der Waals surface area contributed by atoms with E-state index in [4.69, 9.17) is 0 Å². The minimum atomic E-state index is -0.268.